The van der Waals surface area contributed by atoms with Crippen molar-refractivity contribution < 1.29 is 4.74 Å². The van der Waals surface area contributed by atoms with Gasteiger partial charge in [0.05, 0.1) is 6.61 Å². The van der Waals surface area contributed by atoms with Crippen molar-refractivity contribution in [2.75, 3.05) is 26.2 Å². The van der Waals surface area contributed by atoms with Crippen molar-refractivity contribution >= 4 is 0 Å². The van der Waals surface area contributed by atoms with E-state index in [4.69, 9.17) is 10.5 Å². The highest BCUT2D eigenvalue weighted by Gasteiger charge is 2.13. The Bertz CT molecular complexity index is 433. The molecule has 2 aromatic carbocycles. The number of ether oxygens (including phenoxy) is 1. The summed E-state index contributed by atoms with van der Waals surface area (Å²) in [6.45, 7) is 2.95. The Kier molecular flexibility index (Phi) is 6.24. The Hall–Kier alpha value is -1.68. The van der Waals surface area contributed by atoms with E-state index in [9.17, 15) is 0 Å². The van der Waals surface area contributed by atoms with E-state index in [2.05, 4.69) is 29.6 Å². The largest absolute Gasteiger partial charge is 0.367 e. The molecular formula is C17H22N2O. The molecule has 106 valence electrons. The van der Waals surface area contributed by atoms with Gasteiger partial charge in [0.2, 0.25) is 0 Å². The molecule has 0 saturated carbocycles. The average molecular weight is 270 g/mol. The number of hydrogen-bond donors (Lipinski definition) is 2. The molecule has 2 rings (SSSR count). The van der Waals surface area contributed by atoms with Gasteiger partial charge in [-0.3, -0.25) is 0 Å². The van der Waals surface area contributed by atoms with Crippen LogP contribution >= 0.6 is 0 Å². The molecular weight excluding hydrogens is 248 g/mol. The van der Waals surface area contributed by atoms with Crippen LogP contribution in [0.1, 0.15) is 17.2 Å². The van der Waals surface area contributed by atoms with Gasteiger partial charge in [0.25, 0.3) is 0 Å². The van der Waals surface area contributed by atoms with E-state index in [1.54, 1.807) is 0 Å². The number of hydrogen-bond acceptors (Lipinski definition) is 3. The van der Waals surface area contributed by atoms with Crippen LogP contribution in [0.15, 0.2) is 60.7 Å². The van der Waals surface area contributed by atoms with Crippen molar-refractivity contribution in [2.24, 2.45) is 5.73 Å². The summed E-state index contributed by atoms with van der Waals surface area (Å²) in [5.41, 5.74) is 7.81. The lowest BCUT2D eigenvalue weighted by molar-refractivity contribution is 0.0823. The second-order valence-electron chi connectivity index (χ2n) is 4.61. The molecule has 0 radical (unpaired) electrons. The molecule has 0 saturated heterocycles. The van der Waals surface area contributed by atoms with Crippen molar-refractivity contribution in [3.63, 3.8) is 0 Å². The molecule has 3 heteroatoms. The summed E-state index contributed by atoms with van der Waals surface area (Å²) in [5, 5.41) is 3.24. The molecule has 0 bridgehead atoms. The van der Waals surface area contributed by atoms with Crippen LogP contribution in [-0.2, 0) is 4.74 Å². The molecule has 0 aliphatic carbocycles. The van der Waals surface area contributed by atoms with Gasteiger partial charge in [-0.2, -0.15) is 0 Å². The molecule has 0 fully saturated rings. The Morgan fingerprint density at radius 1 is 0.850 bits per heavy atom. The normalized spacial score (nSPS) is 10.9. The lowest BCUT2D eigenvalue weighted by Gasteiger charge is -2.19. The van der Waals surface area contributed by atoms with Gasteiger partial charge in [0, 0.05) is 19.6 Å². The summed E-state index contributed by atoms with van der Waals surface area (Å²) >= 11 is 0. The van der Waals surface area contributed by atoms with Gasteiger partial charge in [-0.15, -0.1) is 0 Å². The fraction of sp³-hybridized carbons (Fsp3) is 0.294. The summed E-state index contributed by atoms with van der Waals surface area (Å²) in [4.78, 5) is 0. The van der Waals surface area contributed by atoms with Gasteiger partial charge in [0.15, 0.2) is 0 Å². The van der Waals surface area contributed by atoms with Gasteiger partial charge in [-0.1, -0.05) is 60.7 Å². The molecule has 0 aliphatic rings. The van der Waals surface area contributed by atoms with E-state index in [0.29, 0.717) is 13.2 Å². The molecule has 0 amide bonds. The topological polar surface area (TPSA) is 47.3 Å². The van der Waals surface area contributed by atoms with Gasteiger partial charge in [-0.05, 0) is 11.1 Å². The highest BCUT2D eigenvalue weighted by Crippen LogP contribution is 2.25. The van der Waals surface area contributed by atoms with Crippen LogP contribution in [0.25, 0.3) is 0 Å². The van der Waals surface area contributed by atoms with Crippen LogP contribution in [0.2, 0.25) is 0 Å². The highest BCUT2D eigenvalue weighted by atomic mass is 16.5. The first kappa shape index (κ1) is 14.7. The number of benzene rings is 2. The number of nitrogens with one attached hydrogen (secondary N) is 1. The Labute approximate surface area is 120 Å². The molecule has 0 atom stereocenters. The summed E-state index contributed by atoms with van der Waals surface area (Å²) in [5.74, 6) is 0. The molecule has 3 nitrogen and oxygen atoms in total. The Balaban J connectivity index is 2.02. The van der Waals surface area contributed by atoms with Crippen LogP contribution in [0.3, 0.4) is 0 Å². The summed E-state index contributed by atoms with van der Waals surface area (Å²) in [6.07, 6.45) is -0.0166. The van der Waals surface area contributed by atoms with E-state index in [-0.39, 0.29) is 6.10 Å². The lowest BCUT2D eigenvalue weighted by atomic mass is 10.0. The summed E-state index contributed by atoms with van der Waals surface area (Å²) in [6, 6.07) is 20.6. The van der Waals surface area contributed by atoms with Crippen LogP contribution in [0.5, 0.6) is 0 Å². The molecule has 20 heavy (non-hydrogen) atoms. The van der Waals surface area contributed by atoms with Crippen molar-refractivity contribution in [3.8, 4) is 0 Å². The van der Waals surface area contributed by atoms with E-state index >= 15 is 0 Å². The SMILES string of the molecule is NCCNCCOC(c1ccccc1)c1ccccc1. The van der Waals surface area contributed by atoms with E-state index in [1.807, 2.05) is 36.4 Å². The van der Waals surface area contributed by atoms with Gasteiger partial charge in [-0.25, -0.2) is 0 Å². The third-order valence-electron chi connectivity index (χ3n) is 3.09. The van der Waals surface area contributed by atoms with Crippen molar-refractivity contribution in [2.45, 2.75) is 6.10 Å². The third kappa shape index (κ3) is 4.46. The van der Waals surface area contributed by atoms with Crippen LogP contribution in [0.4, 0.5) is 0 Å². The minimum absolute atomic E-state index is 0.0166. The van der Waals surface area contributed by atoms with E-state index in [0.717, 1.165) is 13.1 Å². The van der Waals surface area contributed by atoms with Gasteiger partial charge < -0.3 is 15.8 Å². The zero-order valence-corrected chi connectivity index (χ0v) is 11.7. The zero-order chi connectivity index (χ0) is 14.0. The number of nitrogens with two attached hydrogens (primary N) is 1. The van der Waals surface area contributed by atoms with Gasteiger partial charge in [0.1, 0.15) is 6.10 Å². The highest BCUT2D eigenvalue weighted by molar-refractivity contribution is 5.29. The predicted molar refractivity (Wildman–Crippen MR) is 82.6 cm³/mol. The van der Waals surface area contributed by atoms with Crippen LogP contribution < -0.4 is 11.1 Å². The van der Waals surface area contributed by atoms with Crippen molar-refractivity contribution in [3.05, 3.63) is 71.8 Å². The smallest absolute Gasteiger partial charge is 0.108 e. The maximum atomic E-state index is 6.06. The molecule has 0 unspecified atom stereocenters. The first-order valence-corrected chi connectivity index (χ1v) is 7.04. The monoisotopic (exact) mass is 270 g/mol. The van der Waals surface area contributed by atoms with Crippen LogP contribution in [-0.4, -0.2) is 26.2 Å². The predicted octanol–water partition coefficient (Wildman–Crippen LogP) is 2.34. The molecule has 0 aliphatic heterocycles. The van der Waals surface area contributed by atoms with Gasteiger partial charge >= 0.3 is 0 Å². The minimum Gasteiger partial charge on any atom is -0.367 e. The fourth-order valence-corrected chi connectivity index (χ4v) is 2.12. The van der Waals surface area contributed by atoms with E-state index < -0.39 is 0 Å². The van der Waals surface area contributed by atoms with Crippen molar-refractivity contribution in [1.29, 1.82) is 0 Å². The third-order valence-corrected chi connectivity index (χ3v) is 3.09. The second-order valence-corrected chi connectivity index (χ2v) is 4.61. The van der Waals surface area contributed by atoms with Crippen molar-refractivity contribution in [1.82, 2.24) is 5.32 Å². The Morgan fingerprint density at radius 2 is 1.40 bits per heavy atom. The first-order chi connectivity index (χ1) is 9.92. The van der Waals surface area contributed by atoms with Crippen LogP contribution in [0, 0.1) is 0 Å². The molecule has 2 aromatic rings. The summed E-state index contributed by atoms with van der Waals surface area (Å²) in [7, 11) is 0. The standard InChI is InChI=1S/C17H22N2O/c18-11-12-19-13-14-20-17(15-7-3-1-4-8-15)16-9-5-2-6-10-16/h1-10,17,19H,11-14,18H2. The number of rotatable bonds is 8. The first-order valence-electron chi connectivity index (χ1n) is 7.04. The Morgan fingerprint density at radius 3 is 1.90 bits per heavy atom. The lowest BCUT2D eigenvalue weighted by Crippen LogP contribution is -2.26. The minimum atomic E-state index is -0.0166. The summed E-state index contributed by atoms with van der Waals surface area (Å²) < 4.78 is 6.06. The van der Waals surface area contributed by atoms with E-state index in [1.165, 1.54) is 11.1 Å². The molecule has 0 spiro atoms. The molecule has 0 heterocycles. The second kappa shape index (κ2) is 8.48. The zero-order valence-electron chi connectivity index (χ0n) is 11.7. The maximum absolute atomic E-state index is 6.06. The molecule has 3 N–H and O–H groups in total. The molecule has 0 aromatic heterocycles. The maximum Gasteiger partial charge on any atom is 0.108 e. The quantitative estimate of drug-likeness (QED) is 0.724. The average Bonchev–Trinajstić information content (AvgIpc) is 2.53. The fourth-order valence-electron chi connectivity index (χ4n) is 2.12.